The summed E-state index contributed by atoms with van der Waals surface area (Å²) < 4.78 is 11.8. The molecule has 2 aromatic carbocycles. The highest BCUT2D eigenvalue weighted by Gasteiger charge is 2.40. The maximum absolute atomic E-state index is 6.48. The number of nitrogens with zero attached hydrogens (tertiary/aromatic N) is 1. The predicted molar refractivity (Wildman–Crippen MR) is 104 cm³/mol. The quantitative estimate of drug-likeness (QED) is 0.869. The molecule has 0 bridgehead atoms. The molecule has 5 heteroatoms. The largest absolute Gasteiger partial charge is 0.497 e. The van der Waals surface area contributed by atoms with Crippen LogP contribution in [0.5, 0.6) is 11.5 Å². The Labute approximate surface area is 159 Å². The fourth-order valence-corrected chi connectivity index (χ4v) is 4.44. The highest BCUT2D eigenvalue weighted by Crippen LogP contribution is 2.40. The molecule has 4 rings (SSSR count). The Kier molecular flexibility index (Phi) is 5.07. The molecule has 1 aliphatic heterocycles. The first-order valence-electron chi connectivity index (χ1n) is 9.21. The fourth-order valence-electron chi connectivity index (χ4n) is 4.23. The summed E-state index contributed by atoms with van der Waals surface area (Å²) in [5, 5.41) is 0.617. The molecule has 1 fully saturated rings. The van der Waals surface area contributed by atoms with E-state index in [9.17, 15) is 0 Å². The molecule has 0 saturated carbocycles. The van der Waals surface area contributed by atoms with E-state index in [1.54, 1.807) is 13.2 Å². The van der Waals surface area contributed by atoms with Crippen molar-refractivity contribution >= 4 is 11.6 Å². The summed E-state index contributed by atoms with van der Waals surface area (Å²) in [6.45, 7) is 2.89. The number of likely N-dealkylation sites (tertiary alicyclic amines) is 1. The van der Waals surface area contributed by atoms with Gasteiger partial charge in [-0.3, -0.25) is 4.90 Å². The first-order valence-corrected chi connectivity index (χ1v) is 9.59. The average molecular weight is 373 g/mol. The van der Waals surface area contributed by atoms with E-state index in [1.165, 1.54) is 17.5 Å². The highest BCUT2D eigenvalue weighted by molar-refractivity contribution is 6.30. The fraction of sp³-hybridized carbons (Fsp3) is 0.429. The third-order valence-electron chi connectivity index (χ3n) is 5.60. The summed E-state index contributed by atoms with van der Waals surface area (Å²) in [7, 11) is 1.64. The van der Waals surface area contributed by atoms with E-state index in [-0.39, 0.29) is 6.10 Å². The molecule has 2 aromatic rings. The topological polar surface area (TPSA) is 47.7 Å². The van der Waals surface area contributed by atoms with Crippen LogP contribution in [0.4, 0.5) is 0 Å². The van der Waals surface area contributed by atoms with E-state index in [2.05, 4.69) is 29.2 Å². The molecule has 2 aliphatic rings. The van der Waals surface area contributed by atoms with Gasteiger partial charge in [0, 0.05) is 17.6 Å². The van der Waals surface area contributed by atoms with Gasteiger partial charge in [0.2, 0.25) is 0 Å². The molecule has 0 radical (unpaired) electrons. The summed E-state index contributed by atoms with van der Waals surface area (Å²) in [6.07, 6.45) is 2.17. The van der Waals surface area contributed by atoms with Crippen molar-refractivity contribution in [1.29, 1.82) is 0 Å². The van der Waals surface area contributed by atoms with Gasteiger partial charge in [-0.15, -0.1) is 0 Å². The van der Waals surface area contributed by atoms with Crippen LogP contribution in [0.1, 0.15) is 23.7 Å². The number of halogens is 1. The van der Waals surface area contributed by atoms with Crippen molar-refractivity contribution in [2.45, 2.75) is 25.0 Å². The number of hydrogen-bond acceptors (Lipinski definition) is 4. The molecule has 3 atom stereocenters. The summed E-state index contributed by atoms with van der Waals surface area (Å²) in [5.41, 5.74) is 8.54. The molecule has 0 amide bonds. The van der Waals surface area contributed by atoms with Gasteiger partial charge >= 0.3 is 0 Å². The van der Waals surface area contributed by atoms with E-state index < -0.39 is 0 Å². The van der Waals surface area contributed by atoms with Crippen LogP contribution < -0.4 is 15.2 Å². The Morgan fingerprint density at radius 2 is 2.00 bits per heavy atom. The molecule has 1 aliphatic carbocycles. The Hall–Kier alpha value is -1.75. The van der Waals surface area contributed by atoms with E-state index in [0.717, 1.165) is 31.8 Å². The van der Waals surface area contributed by atoms with Crippen LogP contribution in [0.15, 0.2) is 42.5 Å². The number of nitrogens with two attached hydrogens (primary N) is 1. The third-order valence-corrected chi connectivity index (χ3v) is 5.82. The molecule has 1 heterocycles. The first kappa shape index (κ1) is 17.7. The monoisotopic (exact) mass is 372 g/mol. The molecular formula is C21H25ClN2O2. The van der Waals surface area contributed by atoms with Crippen LogP contribution >= 0.6 is 11.6 Å². The molecule has 1 saturated heterocycles. The second-order valence-electron chi connectivity index (χ2n) is 7.22. The van der Waals surface area contributed by atoms with Crippen LogP contribution in [-0.2, 0) is 6.42 Å². The maximum atomic E-state index is 6.48. The zero-order valence-corrected chi connectivity index (χ0v) is 15.8. The van der Waals surface area contributed by atoms with Crippen molar-refractivity contribution in [3.8, 4) is 11.5 Å². The molecule has 1 unspecified atom stereocenters. The van der Waals surface area contributed by atoms with Gasteiger partial charge in [0.05, 0.1) is 13.2 Å². The lowest BCUT2D eigenvalue weighted by Gasteiger charge is -2.30. The number of benzene rings is 2. The molecule has 4 nitrogen and oxygen atoms in total. The van der Waals surface area contributed by atoms with Gasteiger partial charge in [0.1, 0.15) is 17.6 Å². The second-order valence-corrected chi connectivity index (χ2v) is 7.66. The van der Waals surface area contributed by atoms with Gasteiger partial charge in [-0.1, -0.05) is 35.9 Å². The van der Waals surface area contributed by atoms with Crippen molar-refractivity contribution in [2.75, 3.05) is 26.7 Å². The van der Waals surface area contributed by atoms with Crippen molar-refractivity contribution in [3.63, 3.8) is 0 Å². The van der Waals surface area contributed by atoms with Gasteiger partial charge in [-0.25, -0.2) is 0 Å². The average Bonchev–Trinajstić information content (AvgIpc) is 3.26. The number of methoxy groups -OCH3 is 1. The third kappa shape index (κ3) is 3.41. The summed E-state index contributed by atoms with van der Waals surface area (Å²) in [6, 6.07) is 14.5. The van der Waals surface area contributed by atoms with Crippen molar-refractivity contribution in [3.05, 3.63) is 58.6 Å². The van der Waals surface area contributed by atoms with Crippen LogP contribution in [0, 0.1) is 5.92 Å². The van der Waals surface area contributed by atoms with E-state index in [0.29, 0.717) is 22.7 Å². The summed E-state index contributed by atoms with van der Waals surface area (Å²) >= 11 is 6.23. The van der Waals surface area contributed by atoms with Gasteiger partial charge in [-0.2, -0.15) is 0 Å². The van der Waals surface area contributed by atoms with Gasteiger partial charge in [-0.05, 0) is 55.1 Å². The maximum Gasteiger partial charge on any atom is 0.140 e. The smallest absolute Gasteiger partial charge is 0.140 e. The SMILES string of the molecule is COc1cc(Cl)cc(O[C@@H]2c3ccccc3C[C@H]2N2CCC(CN)C2)c1. The van der Waals surface area contributed by atoms with Gasteiger partial charge in [0.25, 0.3) is 0 Å². The van der Waals surface area contributed by atoms with E-state index >= 15 is 0 Å². The number of ether oxygens (including phenoxy) is 2. The number of hydrogen-bond donors (Lipinski definition) is 1. The highest BCUT2D eigenvalue weighted by atomic mass is 35.5. The zero-order chi connectivity index (χ0) is 18.1. The molecule has 26 heavy (non-hydrogen) atoms. The Bertz CT molecular complexity index is 782. The predicted octanol–water partition coefficient (Wildman–Crippen LogP) is 3.67. The Morgan fingerprint density at radius 1 is 1.19 bits per heavy atom. The molecule has 2 N–H and O–H groups in total. The van der Waals surface area contributed by atoms with Crippen molar-refractivity contribution < 1.29 is 9.47 Å². The zero-order valence-electron chi connectivity index (χ0n) is 15.0. The van der Waals surface area contributed by atoms with Crippen LogP contribution in [0.3, 0.4) is 0 Å². The lowest BCUT2D eigenvalue weighted by molar-refractivity contribution is 0.0915. The number of rotatable bonds is 5. The Morgan fingerprint density at radius 3 is 2.77 bits per heavy atom. The standard InChI is InChI=1S/C21H25ClN2O2/c1-25-17-9-16(22)10-18(11-17)26-21-19-5-3-2-4-15(19)8-20(21)24-7-6-14(12-23)13-24/h2-5,9-11,14,20-21H,6-8,12-13,23H2,1H3/t14?,20-,21-/m1/s1. The van der Waals surface area contributed by atoms with Gasteiger partial charge in [0.15, 0.2) is 0 Å². The minimum atomic E-state index is -0.00843. The molecular weight excluding hydrogens is 348 g/mol. The second kappa shape index (κ2) is 7.47. The van der Waals surface area contributed by atoms with Crippen LogP contribution in [0.25, 0.3) is 0 Å². The summed E-state index contributed by atoms with van der Waals surface area (Å²) in [4.78, 5) is 2.55. The lowest BCUT2D eigenvalue weighted by Crippen LogP contribution is -2.39. The van der Waals surface area contributed by atoms with Gasteiger partial charge < -0.3 is 15.2 Å². The molecule has 0 spiro atoms. The minimum Gasteiger partial charge on any atom is -0.497 e. The summed E-state index contributed by atoms with van der Waals surface area (Å²) in [5.74, 6) is 2.04. The van der Waals surface area contributed by atoms with Crippen LogP contribution in [-0.4, -0.2) is 37.7 Å². The first-order chi connectivity index (χ1) is 12.7. The Balaban J connectivity index is 1.63. The van der Waals surface area contributed by atoms with Crippen LogP contribution in [0.2, 0.25) is 5.02 Å². The molecule has 138 valence electrons. The van der Waals surface area contributed by atoms with E-state index in [1.807, 2.05) is 12.1 Å². The minimum absolute atomic E-state index is 0.00843. The number of fused-ring (bicyclic) bond motifs is 1. The van der Waals surface area contributed by atoms with Crippen molar-refractivity contribution in [1.82, 2.24) is 4.90 Å². The molecule has 0 aromatic heterocycles. The normalized spacial score (nSPS) is 25.3. The lowest BCUT2D eigenvalue weighted by atomic mass is 10.1. The van der Waals surface area contributed by atoms with E-state index in [4.69, 9.17) is 26.8 Å². The van der Waals surface area contributed by atoms with Crippen molar-refractivity contribution in [2.24, 2.45) is 11.7 Å².